The van der Waals surface area contributed by atoms with Gasteiger partial charge in [0.15, 0.2) is 0 Å². The fourth-order valence-electron chi connectivity index (χ4n) is 1.75. The average Bonchev–Trinajstić information content (AvgIpc) is 2.39. The summed E-state index contributed by atoms with van der Waals surface area (Å²) in [6, 6.07) is 4.13. The maximum Gasteiger partial charge on any atom is 0.128 e. The molecule has 0 N–H and O–H groups in total. The number of nitrogens with zero attached hydrogens (tertiary/aromatic N) is 2. The highest BCUT2D eigenvalue weighted by Gasteiger charge is 2.12. The Morgan fingerprint density at radius 2 is 2.12 bits per heavy atom. The van der Waals surface area contributed by atoms with E-state index in [0.29, 0.717) is 0 Å². The molecule has 88 valence electrons. The van der Waals surface area contributed by atoms with Gasteiger partial charge in [-0.2, -0.15) is 0 Å². The number of hydrogen-bond donors (Lipinski definition) is 0. The Morgan fingerprint density at radius 3 is 2.69 bits per heavy atom. The molecule has 0 saturated carbocycles. The second-order valence-corrected chi connectivity index (χ2v) is 3.93. The van der Waals surface area contributed by atoms with Crippen molar-refractivity contribution < 1.29 is 9.47 Å². The molecular formula is C12H18N2O2. The van der Waals surface area contributed by atoms with E-state index in [0.717, 1.165) is 37.7 Å². The number of pyridine rings is 1. The smallest absolute Gasteiger partial charge is 0.128 e. The molecule has 0 spiro atoms. The number of aromatic nitrogens is 1. The summed E-state index contributed by atoms with van der Waals surface area (Å²) in [4.78, 5) is 6.70. The van der Waals surface area contributed by atoms with Crippen LogP contribution in [-0.4, -0.2) is 38.4 Å². The van der Waals surface area contributed by atoms with Gasteiger partial charge in [-0.3, -0.25) is 0 Å². The molecule has 2 rings (SSSR count). The zero-order chi connectivity index (χ0) is 11.4. The third kappa shape index (κ3) is 2.51. The Bertz CT molecular complexity index is 320. The normalized spacial score (nSPS) is 18.5. The minimum absolute atomic E-state index is 0.103. The van der Waals surface area contributed by atoms with Gasteiger partial charge >= 0.3 is 0 Å². The van der Waals surface area contributed by atoms with Crippen LogP contribution in [0.1, 0.15) is 18.6 Å². The van der Waals surface area contributed by atoms with Crippen LogP contribution >= 0.6 is 0 Å². The maximum absolute atomic E-state index is 5.31. The van der Waals surface area contributed by atoms with E-state index in [4.69, 9.17) is 9.47 Å². The second-order valence-electron chi connectivity index (χ2n) is 3.93. The maximum atomic E-state index is 5.31. The Hall–Kier alpha value is -1.13. The topological polar surface area (TPSA) is 34.6 Å². The number of anilines is 1. The molecule has 1 atom stereocenters. The molecular weight excluding hydrogens is 204 g/mol. The molecule has 1 aliphatic rings. The van der Waals surface area contributed by atoms with Gasteiger partial charge in [0.1, 0.15) is 5.82 Å². The van der Waals surface area contributed by atoms with E-state index < -0.39 is 0 Å². The summed E-state index contributed by atoms with van der Waals surface area (Å²) >= 11 is 0. The quantitative estimate of drug-likeness (QED) is 0.778. The van der Waals surface area contributed by atoms with Crippen LogP contribution in [0.4, 0.5) is 5.82 Å². The first-order valence-corrected chi connectivity index (χ1v) is 5.62. The SMILES string of the molecule is COC(C)c1ccc(N2CCOCC2)nc1. The van der Waals surface area contributed by atoms with Crippen LogP contribution in [0.15, 0.2) is 18.3 Å². The molecule has 4 heteroatoms. The fraction of sp³-hybridized carbons (Fsp3) is 0.583. The van der Waals surface area contributed by atoms with Gasteiger partial charge in [-0.25, -0.2) is 4.98 Å². The molecule has 1 fully saturated rings. The van der Waals surface area contributed by atoms with Crippen molar-refractivity contribution in [3.63, 3.8) is 0 Å². The van der Waals surface area contributed by atoms with Crippen LogP contribution < -0.4 is 4.90 Å². The number of rotatable bonds is 3. The average molecular weight is 222 g/mol. The summed E-state index contributed by atoms with van der Waals surface area (Å²) in [6.45, 7) is 5.44. The predicted octanol–water partition coefficient (Wildman–Crippen LogP) is 1.63. The van der Waals surface area contributed by atoms with E-state index in [2.05, 4.69) is 22.0 Å². The third-order valence-electron chi connectivity index (χ3n) is 2.93. The molecule has 0 amide bonds. The highest BCUT2D eigenvalue weighted by atomic mass is 16.5. The van der Waals surface area contributed by atoms with Crippen molar-refractivity contribution in [1.82, 2.24) is 4.98 Å². The van der Waals surface area contributed by atoms with Crippen molar-refractivity contribution in [3.05, 3.63) is 23.9 Å². The largest absolute Gasteiger partial charge is 0.378 e. The lowest BCUT2D eigenvalue weighted by molar-refractivity contribution is 0.119. The van der Waals surface area contributed by atoms with Crippen LogP contribution in [0.5, 0.6) is 0 Å². The van der Waals surface area contributed by atoms with Crippen molar-refractivity contribution in [2.24, 2.45) is 0 Å². The van der Waals surface area contributed by atoms with Crippen LogP contribution in [0, 0.1) is 0 Å². The van der Waals surface area contributed by atoms with Crippen molar-refractivity contribution in [3.8, 4) is 0 Å². The molecule has 1 saturated heterocycles. The summed E-state index contributed by atoms with van der Waals surface area (Å²) < 4.78 is 10.6. The van der Waals surface area contributed by atoms with Gasteiger partial charge in [-0.1, -0.05) is 6.07 Å². The van der Waals surface area contributed by atoms with Crippen LogP contribution in [0.25, 0.3) is 0 Å². The number of morpholine rings is 1. The molecule has 2 heterocycles. The predicted molar refractivity (Wildman–Crippen MR) is 62.7 cm³/mol. The Labute approximate surface area is 96.2 Å². The lowest BCUT2D eigenvalue weighted by Gasteiger charge is -2.27. The highest BCUT2D eigenvalue weighted by molar-refractivity contribution is 5.39. The van der Waals surface area contributed by atoms with Gasteiger partial charge in [0.05, 0.1) is 19.3 Å². The molecule has 0 radical (unpaired) electrons. The van der Waals surface area contributed by atoms with Crippen molar-refractivity contribution >= 4 is 5.82 Å². The van der Waals surface area contributed by atoms with Crippen molar-refractivity contribution in [1.29, 1.82) is 0 Å². The molecule has 0 aromatic carbocycles. The van der Waals surface area contributed by atoms with E-state index in [1.54, 1.807) is 7.11 Å². The van der Waals surface area contributed by atoms with Crippen molar-refractivity contribution in [2.75, 3.05) is 38.3 Å². The summed E-state index contributed by atoms with van der Waals surface area (Å²) in [5.41, 5.74) is 1.11. The molecule has 0 aliphatic carbocycles. The van der Waals surface area contributed by atoms with Gasteiger partial charge in [-0.05, 0) is 18.6 Å². The standard InChI is InChI=1S/C12H18N2O2/c1-10(15-2)11-3-4-12(13-9-11)14-5-7-16-8-6-14/h3-4,9-10H,5-8H2,1-2H3. The monoisotopic (exact) mass is 222 g/mol. The fourth-order valence-corrected chi connectivity index (χ4v) is 1.75. The van der Waals surface area contributed by atoms with Gasteiger partial charge in [0, 0.05) is 26.4 Å². The lowest BCUT2D eigenvalue weighted by atomic mass is 10.2. The zero-order valence-corrected chi connectivity index (χ0v) is 9.85. The lowest BCUT2D eigenvalue weighted by Crippen LogP contribution is -2.36. The minimum Gasteiger partial charge on any atom is -0.378 e. The molecule has 1 aromatic heterocycles. The molecule has 0 bridgehead atoms. The van der Waals surface area contributed by atoms with Crippen LogP contribution in [-0.2, 0) is 9.47 Å². The molecule has 16 heavy (non-hydrogen) atoms. The molecule has 1 aliphatic heterocycles. The van der Waals surface area contributed by atoms with E-state index in [9.17, 15) is 0 Å². The number of ether oxygens (including phenoxy) is 2. The first kappa shape index (κ1) is 11.4. The van der Waals surface area contributed by atoms with E-state index >= 15 is 0 Å². The van der Waals surface area contributed by atoms with Crippen LogP contribution in [0.2, 0.25) is 0 Å². The summed E-state index contributed by atoms with van der Waals surface area (Å²) in [7, 11) is 1.71. The third-order valence-corrected chi connectivity index (χ3v) is 2.93. The Balaban J connectivity index is 2.06. The summed E-state index contributed by atoms with van der Waals surface area (Å²) in [5, 5.41) is 0. The van der Waals surface area contributed by atoms with E-state index in [1.165, 1.54) is 0 Å². The highest BCUT2D eigenvalue weighted by Crippen LogP contribution is 2.18. The van der Waals surface area contributed by atoms with Gasteiger partial charge in [0.2, 0.25) is 0 Å². The Kier molecular flexibility index (Phi) is 3.74. The summed E-state index contributed by atoms with van der Waals surface area (Å²) in [5.74, 6) is 1.02. The van der Waals surface area contributed by atoms with Gasteiger partial charge in [-0.15, -0.1) is 0 Å². The van der Waals surface area contributed by atoms with E-state index in [-0.39, 0.29) is 6.10 Å². The van der Waals surface area contributed by atoms with E-state index in [1.807, 2.05) is 13.1 Å². The van der Waals surface area contributed by atoms with Gasteiger partial charge in [0.25, 0.3) is 0 Å². The molecule has 1 aromatic rings. The van der Waals surface area contributed by atoms with Gasteiger partial charge < -0.3 is 14.4 Å². The number of methoxy groups -OCH3 is 1. The summed E-state index contributed by atoms with van der Waals surface area (Å²) in [6.07, 6.45) is 1.99. The number of hydrogen-bond acceptors (Lipinski definition) is 4. The van der Waals surface area contributed by atoms with Crippen molar-refractivity contribution in [2.45, 2.75) is 13.0 Å². The zero-order valence-electron chi connectivity index (χ0n) is 9.85. The first-order valence-electron chi connectivity index (χ1n) is 5.62. The van der Waals surface area contributed by atoms with Crippen LogP contribution in [0.3, 0.4) is 0 Å². The molecule has 1 unspecified atom stereocenters. The Morgan fingerprint density at radius 1 is 1.38 bits per heavy atom. The second kappa shape index (κ2) is 5.27. The first-order chi connectivity index (χ1) is 7.81. The minimum atomic E-state index is 0.103. The molecule has 4 nitrogen and oxygen atoms in total.